The summed E-state index contributed by atoms with van der Waals surface area (Å²) in [7, 11) is 0. The van der Waals surface area contributed by atoms with Gasteiger partial charge >= 0.3 is 17.9 Å². The summed E-state index contributed by atoms with van der Waals surface area (Å²) in [4.78, 5) is 36.6. The third kappa shape index (κ3) is 3.33. The number of hydrogen-bond acceptors (Lipinski definition) is 10. The van der Waals surface area contributed by atoms with E-state index in [1.807, 2.05) is 0 Å². The number of carbonyl (C=O) groups is 3. The molecule has 0 radical (unpaired) electrons. The van der Waals surface area contributed by atoms with Crippen LogP contribution in [-0.4, -0.2) is 81.1 Å². The Morgan fingerprint density at radius 3 is 2.26 bits per heavy atom. The minimum atomic E-state index is -1.43. The number of fused-ring (bicyclic) bond motifs is 1. The summed E-state index contributed by atoms with van der Waals surface area (Å²) in [5, 5.41) is 34.5. The molecular formula is C24H34O10. The Morgan fingerprint density at radius 2 is 1.71 bits per heavy atom. The van der Waals surface area contributed by atoms with Crippen molar-refractivity contribution in [1.29, 1.82) is 0 Å². The van der Waals surface area contributed by atoms with Gasteiger partial charge in [-0.2, -0.15) is 0 Å². The minimum Gasteiger partial charge on any atom is -0.462 e. The van der Waals surface area contributed by atoms with E-state index < -0.39 is 83.0 Å². The van der Waals surface area contributed by atoms with Crippen LogP contribution >= 0.6 is 0 Å². The monoisotopic (exact) mass is 482 g/mol. The number of hydrogen-bond donors (Lipinski definition) is 3. The van der Waals surface area contributed by atoms with E-state index in [9.17, 15) is 29.7 Å². The standard InChI is InChI=1S/C24H34O10/c1-10-7-15(31-12(3)25)19(28)22(5)16(32-13(4)26)9-14(27)11(2)18(22)20(29)24-17(8-10)33-21(30)23(24,6)34-24/h8,11,14-20,27-29H,7,9H2,1-6H3/b10-8-/t11-,14-,15-,16-,17-,18+,19+,20+,22-,23-,24-/m0/s1. The quantitative estimate of drug-likeness (QED) is 0.218. The molecule has 0 aromatic heterocycles. The average Bonchev–Trinajstić information content (AvgIpc) is 3.31. The SMILES string of the molecule is CC(=O)O[C@H]1C/C(C)=C\[C@@H]2OC(=O)[C@]3(C)O[C@]23[C@H](O)[C@H]2[C@@H](C)[C@@H](O)C[C@H](OC(C)=O)[C@]2(C)[C@@H]1O. The van der Waals surface area contributed by atoms with Gasteiger partial charge in [-0.3, -0.25) is 9.59 Å². The van der Waals surface area contributed by atoms with Crippen molar-refractivity contribution in [3.63, 3.8) is 0 Å². The summed E-state index contributed by atoms with van der Waals surface area (Å²) in [6.45, 7) is 9.13. The van der Waals surface area contributed by atoms with Gasteiger partial charge in [-0.25, -0.2) is 4.79 Å². The Balaban J connectivity index is 1.93. The largest absolute Gasteiger partial charge is 0.462 e. The van der Waals surface area contributed by atoms with E-state index in [-0.39, 0.29) is 12.8 Å². The molecular weight excluding hydrogens is 448 g/mol. The van der Waals surface area contributed by atoms with E-state index in [1.54, 1.807) is 33.8 Å². The number of ether oxygens (including phenoxy) is 4. The predicted octanol–water partition coefficient (Wildman–Crippen LogP) is 0.398. The topological polar surface area (TPSA) is 152 Å². The molecule has 190 valence electrons. The first-order chi connectivity index (χ1) is 15.7. The van der Waals surface area contributed by atoms with Gasteiger partial charge in [0.2, 0.25) is 0 Å². The molecule has 2 aliphatic heterocycles. The van der Waals surface area contributed by atoms with Crippen LogP contribution in [0.1, 0.15) is 54.4 Å². The molecule has 10 nitrogen and oxygen atoms in total. The molecule has 34 heavy (non-hydrogen) atoms. The molecule has 4 rings (SSSR count). The van der Waals surface area contributed by atoms with Crippen molar-refractivity contribution >= 4 is 17.9 Å². The molecule has 11 atom stereocenters. The van der Waals surface area contributed by atoms with Gasteiger partial charge in [0.25, 0.3) is 0 Å². The number of esters is 3. The number of rotatable bonds is 2. The second-order valence-corrected chi connectivity index (χ2v) is 10.7. The van der Waals surface area contributed by atoms with E-state index in [0.29, 0.717) is 5.57 Å². The van der Waals surface area contributed by atoms with E-state index in [4.69, 9.17) is 18.9 Å². The lowest BCUT2D eigenvalue weighted by Crippen LogP contribution is -2.66. The lowest BCUT2D eigenvalue weighted by molar-refractivity contribution is -0.235. The zero-order valence-electron chi connectivity index (χ0n) is 20.3. The summed E-state index contributed by atoms with van der Waals surface area (Å²) < 4.78 is 22.6. The summed E-state index contributed by atoms with van der Waals surface area (Å²) in [6.07, 6.45) is -4.93. The normalized spacial score (nSPS) is 51.6. The molecule has 3 N–H and O–H groups in total. The van der Waals surface area contributed by atoms with Crippen molar-refractivity contribution in [2.45, 2.75) is 102 Å². The Bertz CT molecular complexity index is 931. The summed E-state index contributed by atoms with van der Waals surface area (Å²) in [6, 6.07) is 0. The zero-order chi connectivity index (χ0) is 25.4. The fourth-order valence-corrected chi connectivity index (χ4v) is 6.67. The van der Waals surface area contributed by atoms with Crippen LogP contribution in [0.2, 0.25) is 0 Å². The third-order valence-corrected chi connectivity index (χ3v) is 8.52. The molecule has 0 bridgehead atoms. The van der Waals surface area contributed by atoms with Crippen molar-refractivity contribution in [3.05, 3.63) is 11.6 Å². The second kappa shape index (κ2) is 8.01. The smallest absolute Gasteiger partial charge is 0.342 e. The van der Waals surface area contributed by atoms with Crippen LogP contribution in [0.3, 0.4) is 0 Å². The highest BCUT2D eigenvalue weighted by molar-refractivity contribution is 5.88. The molecule has 10 heteroatoms. The van der Waals surface area contributed by atoms with Crippen molar-refractivity contribution < 1.29 is 48.7 Å². The van der Waals surface area contributed by atoms with Gasteiger partial charge in [0.1, 0.15) is 18.3 Å². The van der Waals surface area contributed by atoms with Crippen LogP contribution in [0.5, 0.6) is 0 Å². The van der Waals surface area contributed by atoms with Gasteiger partial charge in [0.15, 0.2) is 17.3 Å². The molecule has 0 amide bonds. The van der Waals surface area contributed by atoms with Crippen LogP contribution in [0.4, 0.5) is 0 Å². The van der Waals surface area contributed by atoms with Gasteiger partial charge in [0, 0.05) is 38.0 Å². The van der Waals surface area contributed by atoms with Crippen LogP contribution < -0.4 is 0 Å². The van der Waals surface area contributed by atoms with Crippen molar-refractivity contribution in [3.8, 4) is 0 Å². The Hall–Kier alpha value is -2.01. The van der Waals surface area contributed by atoms with Gasteiger partial charge in [-0.05, 0) is 25.8 Å². The van der Waals surface area contributed by atoms with E-state index in [0.717, 1.165) is 0 Å². The first-order valence-corrected chi connectivity index (χ1v) is 11.7. The maximum absolute atomic E-state index is 12.7. The molecule has 2 heterocycles. The first-order valence-electron chi connectivity index (χ1n) is 11.7. The summed E-state index contributed by atoms with van der Waals surface area (Å²) in [5.41, 5.74) is -3.55. The Morgan fingerprint density at radius 1 is 1.09 bits per heavy atom. The Labute approximate surface area is 198 Å². The van der Waals surface area contributed by atoms with Gasteiger partial charge in [0.05, 0.1) is 12.2 Å². The number of epoxide rings is 1. The highest BCUT2D eigenvalue weighted by Gasteiger charge is 2.86. The molecule has 2 saturated heterocycles. The lowest BCUT2D eigenvalue weighted by Gasteiger charge is -2.56. The molecule has 4 aliphatic rings. The summed E-state index contributed by atoms with van der Waals surface area (Å²) >= 11 is 0. The van der Waals surface area contributed by atoms with E-state index in [1.165, 1.54) is 13.8 Å². The van der Waals surface area contributed by atoms with Gasteiger partial charge < -0.3 is 34.3 Å². The molecule has 3 fully saturated rings. The number of carbonyl (C=O) groups excluding carboxylic acids is 3. The molecule has 0 unspecified atom stereocenters. The maximum atomic E-state index is 12.7. The van der Waals surface area contributed by atoms with E-state index >= 15 is 0 Å². The fraction of sp³-hybridized carbons (Fsp3) is 0.792. The Kier molecular flexibility index (Phi) is 5.91. The summed E-state index contributed by atoms with van der Waals surface area (Å²) in [5.74, 6) is -3.35. The zero-order valence-corrected chi connectivity index (χ0v) is 20.3. The fourth-order valence-electron chi connectivity index (χ4n) is 6.67. The number of aliphatic hydroxyl groups excluding tert-OH is 3. The average molecular weight is 483 g/mol. The molecule has 1 saturated carbocycles. The third-order valence-electron chi connectivity index (χ3n) is 8.52. The van der Waals surface area contributed by atoms with Crippen LogP contribution in [0, 0.1) is 17.3 Å². The first kappa shape index (κ1) is 25.1. The van der Waals surface area contributed by atoms with Crippen molar-refractivity contribution in [2.24, 2.45) is 17.3 Å². The molecule has 1 spiro atoms. The molecule has 0 aromatic rings. The van der Waals surface area contributed by atoms with Crippen LogP contribution in [0.25, 0.3) is 0 Å². The van der Waals surface area contributed by atoms with Crippen molar-refractivity contribution in [1.82, 2.24) is 0 Å². The molecule has 2 aliphatic carbocycles. The van der Waals surface area contributed by atoms with Gasteiger partial charge in [-0.15, -0.1) is 0 Å². The minimum absolute atomic E-state index is 0.0170. The molecule has 0 aromatic carbocycles. The maximum Gasteiger partial charge on any atom is 0.342 e. The van der Waals surface area contributed by atoms with Gasteiger partial charge in [-0.1, -0.05) is 19.4 Å². The highest BCUT2D eigenvalue weighted by atomic mass is 16.7. The highest BCUT2D eigenvalue weighted by Crippen LogP contribution is 2.64. The number of aliphatic hydroxyl groups is 3. The van der Waals surface area contributed by atoms with Crippen LogP contribution in [0.15, 0.2) is 11.6 Å². The lowest BCUT2D eigenvalue weighted by atomic mass is 9.53. The predicted molar refractivity (Wildman–Crippen MR) is 115 cm³/mol. The van der Waals surface area contributed by atoms with E-state index in [2.05, 4.69) is 0 Å². The van der Waals surface area contributed by atoms with Crippen molar-refractivity contribution in [2.75, 3.05) is 0 Å². The second-order valence-electron chi connectivity index (χ2n) is 10.7. The van der Waals surface area contributed by atoms with Crippen LogP contribution in [-0.2, 0) is 33.3 Å².